The van der Waals surface area contributed by atoms with E-state index in [-0.39, 0.29) is 17.9 Å². The third-order valence-corrected chi connectivity index (χ3v) is 4.30. The quantitative estimate of drug-likeness (QED) is 0.854. The van der Waals surface area contributed by atoms with Gasteiger partial charge < -0.3 is 15.4 Å². The predicted octanol–water partition coefficient (Wildman–Crippen LogP) is 2.24. The van der Waals surface area contributed by atoms with Gasteiger partial charge in [-0.1, -0.05) is 18.2 Å². The smallest absolute Gasteiger partial charge is 0.232 e. The zero-order valence-electron chi connectivity index (χ0n) is 11.8. The first-order valence-electron chi connectivity index (χ1n) is 7.51. The number of anilines is 1. The van der Waals surface area contributed by atoms with Crippen LogP contribution in [-0.4, -0.2) is 25.7 Å². The van der Waals surface area contributed by atoms with E-state index >= 15 is 0 Å². The number of ether oxygens (including phenoxy) is 1. The van der Waals surface area contributed by atoms with Crippen molar-refractivity contribution >= 4 is 11.6 Å². The number of carbonyl (C=O) groups is 1. The molecule has 1 aromatic rings. The number of fused-ring (bicyclic) bond motifs is 1. The number of nitrogens with two attached hydrogens (primary N) is 1. The minimum absolute atomic E-state index is 0.00568. The van der Waals surface area contributed by atoms with Crippen LogP contribution < -0.4 is 10.6 Å². The Morgan fingerprint density at radius 3 is 2.90 bits per heavy atom. The summed E-state index contributed by atoms with van der Waals surface area (Å²) in [5.41, 5.74) is 8.31. The fraction of sp³-hybridized carbons (Fsp3) is 0.562. The molecule has 2 aliphatic rings. The molecule has 20 heavy (non-hydrogen) atoms. The van der Waals surface area contributed by atoms with E-state index in [1.165, 1.54) is 0 Å². The molecule has 0 radical (unpaired) electrons. The first-order chi connectivity index (χ1) is 9.77. The molecule has 0 spiro atoms. The molecule has 1 amide bonds. The molecule has 0 aliphatic carbocycles. The summed E-state index contributed by atoms with van der Waals surface area (Å²) in [5, 5.41) is 0. The Morgan fingerprint density at radius 1 is 1.25 bits per heavy atom. The third kappa shape index (κ3) is 2.58. The number of amides is 1. The molecule has 108 valence electrons. The first kappa shape index (κ1) is 13.6. The molecule has 2 heterocycles. The van der Waals surface area contributed by atoms with Crippen molar-refractivity contribution in [1.29, 1.82) is 0 Å². The Balaban J connectivity index is 1.88. The molecule has 1 saturated heterocycles. The Hall–Kier alpha value is -1.39. The molecule has 0 aromatic heterocycles. The standard InChI is InChI=1S/C16H22N2O2/c17-14-7-3-9-18(15-8-2-1-6-13(14)15)16(19)12-5-4-10-20-11-12/h1-2,6,8,12,14H,3-5,7,9-11,17H2. The third-order valence-electron chi connectivity index (χ3n) is 4.30. The number of carbonyl (C=O) groups excluding carboxylic acids is 1. The van der Waals surface area contributed by atoms with Gasteiger partial charge in [-0.2, -0.15) is 0 Å². The Bertz CT molecular complexity index is 483. The number of benzene rings is 1. The fourth-order valence-electron chi connectivity index (χ4n) is 3.18. The largest absolute Gasteiger partial charge is 0.381 e. The van der Waals surface area contributed by atoms with E-state index in [1.54, 1.807) is 0 Å². The molecule has 3 rings (SSSR count). The van der Waals surface area contributed by atoms with Gasteiger partial charge in [-0.05, 0) is 37.3 Å². The highest BCUT2D eigenvalue weighted by molar-refractivity contribution is 5.96. The second kappa shape index (κ2) is 5.94. The summed E-state index contributed by atoms with van der Waals surface area (Å²) in [6.45, 7) is 2.11. The lowest BCUT2D eigenvalue weighted by molar-refractivity contribution is -0.126. The molecule has 4 heteroatoms. The normalized spacial score (nSPS) is 26.8. The van der Waals surface area contributed by atoms with Crippen LogP contribution in [0.2, 0.25) is 0 Å². The van der Waals surface area contributed by atoms with Gasteiger partial charge >= 0.3 is 0 Å². The van der Waals surface area contributed by atoms with Crippen LogP contribution in [0.3, 0.4) is 0 Å². The predicted molar refractivity (Wildman–Crippen MR) is 78.5 cm³/mol. The van der Waals surface area contributed by atoms with Crippen LogP contribution in [-0.2, 0) is 9.53 Å². The van der Waals surface area contributed by atoms with E-state index in [9.17, 15) is 4.79 Å². The summed E-state index contributed by atoms with van der Waals surface area (Å²) in [4.78, 5) is 14.7. The molecule has 0 bridgehead atoms. The molecule has 2 N–H and O–H groups in total. The second-order valence-electron chi connectivity index (χ2n) is 5.71. The van der Waals surface area contributed by atoms with Gasteiger partial charge in [0.1, 0.15) is 0 Å². The maximum Gasteiger partial charge on any atom is 0.232 e. The molecule has 2 atom stereocenters. The molecular formula is C16H22N2O2. The molecule has 4 nitrogen and oxygen atoms in total. The SMILES string of the molecule is NC1CCCN(C(=O)C2CCCOC2)c2ccccc21. The highest BCUT2D eigenvalue weighted by Gasteiger charge is 2.30. The van der Waals surface area contributed by atoms with Gasteiger partial charge in [0.15, 0.2) is 0 Å². The number of hydrogen-bond donors (Lipinski definition) is 1. The molecular weight excluding hydrogens is 252 g/mol. The van der Waals surface area contributed by atoms with Crippen LogP contribution in [0, 0.1) is 5.92 Å². The Labute approximate surface area is 119 Å². The Kier molecular flexibility index (Phi) is 4.03. The minimum atomic E-state index is 0.00568. The van der Waals surface area contributed by atoms with Crippen LogP contribution >= 0.6 is 0 Å². The summed E-state index contributed by atoms with van der Waals surface area (Å²) in [7, 11) is 0. The number of hydrogen-bond acceptors (Lipinski definition) is 3. The van der Waals surface area contributed by atoms with E-state index in [2.05, 4.69) is 0 Å². The van der Waals surface area contributed by atoms with Crippen molar-refractivity contribution in [2.45, 2.75) is 31.7 Å². The van der Waals surface area contributed by atoms with Crippen molar-refractivity contribution in [1.82, 2.24) is 0 Å². The van der Waals surface area contributed by atoms with Crippen molar-refractivity contribution in [2.24, 2.45) is 11.7 Å². The highest BCUT2D eigenvalue weighted by atomic mass is 16.5. The number of para-hydroxylation sites is 1. The topological polar surface area (TPSA) is 55.6 Å². The fourth-order valence-corrected chi connectivity index (χ4v) is 3.18. The van der Waals surface area contributed by atoms with Gasteiger partial charge in [0.25, 0.3) is 0 Å². The number of nitrogens with zero attached hydrogens (tertiary/aromatic N) is 1. The van der Waals surface area contributed by atoms with Crippen molar-refractivity contribution in [3.8, 4) is 0 Å². The van der Waals surface area contributed by atoms with Gasteiger partial charge in [0.05, 0.1) is 12.5 Å². The Morgan fingerprint density at radius 2 is 2.10 bits per heavy atom. The van der Waals surface area contributed by atoms with E-state index in [4.69, 9.17) is 10.5 Å². The van der Waals surface area contributed by atoms with E-state index < -0.39 is 0 Å². The lowest BCUT2D eigenvalue weighted by atomic mass is 9.99. The van der Waals surface area contributed by atoms with Crippen LogP contribution in [0.25, 0.3) is 0 Å². The zero-order valence-corrected chi connectivity index (χ0v) is 11.8. The average Bonchev–Trinajstić information content (AvgIpc) is 2.67. The molecule has 1 fully saturated rings. The molecule has 2 unspecified atom stereocenters. The van der Waals surface area contributed by atoms with Crippen LogP contribution in [0.4, 0.5) is 5.69 Å². The summed E-state index contributed by atoms with van der Waals surface area (Å²) in [6, 6.07) is 8.07. The van der Waals surface area contributed by atoms with E-state index in [0.29, 0.717) is 6.61 Å². The summed E-state index contributed by atoms with van der Waals surface area (Å²) in [6.07, 6.45) is 3.80. The number of rotatable bonds is 1. The maximum absolute atomic E-state index is 12.8. The molecule has 1 aromatic carbocycles. The molecule has 0 saturated carbocycles. The van der Waals surface area contributed by atoms with Gasteiger partial charge in [0.2, 0.25) is 5.91 Å². The summed E-state index contributed by atoms with van der Waals surface area (Å²) >= 11 is 0. The lowest BCUT2D eigenvalue weighted by Crippen LogP contribution is -2.40. The van der Waals surface area contributed by atoms with Gasteiger partial charge in [-0.15, -0.1) is 0 Å². The van der Waals surface area contributed by atoms with Crippen molar-refractivity contribution in [2.75, 3.05) is 24.7 Å². The minimum Gasteiger partial charge on any atom is -0.381 e. The summed E-state index contributed by atoms with van der Waals surface area (Å²) < 4.78 is 5.46. The zero-order chi connectivity index (χ0) is 13.9. The monoisotopic (exact) mass is 274 g/mol. The van der Waals surface area contributed by atoms with Crippen LogP contribution in [0.1, 0.15) is 37.3 Å². The van der Waals surface area contributed by atoms with Crippen LogP contribution in [0.5, 0.6) is 0 Å². The van der Waals surface area contributed by atoms with Crippen molar-refractivity contribution in [3.05, 3.63) is 29.8 Å². The maximum atomic E-state index is 12.8. The lowest BCUT2D eigenvalue weighted by Gasteiger charge is -2.29. The van der Waals surface area contributed by atoms with E-state index in [0.717, 1.165) is 50.1 Å². The summed E-state index contributed by atoms with van der Waals surface area (Å²) in [5.74, 6) is 0.206. The van der Waals surface area contributed by atoms with Gasteiger partial charge in [0, 0.05) is 24.9 Å². The van der Waals surface area contributed by atoms with Crippen LogP contribution in [0.15, 0.2) is 24.3 Å². The van der Waals surface area contributed by atoms with Gasteiger partial charge in [-0.3, -0.25) is 4.79 Å². The second-order valence-corrected chi connectivity index (χ2v) is 5.71. The average molecular weight is 274 g/mol. The first-order valence-corrected chi connectivity index (χ1v) is 7.51. The van der Waals surface area contributed by atoms with Crippen molar-refractivity contribution < 1.29 is 9.53 Å². The van der Waals surface area contributed by atoms with Gasteiger partial charge in [-0.25, -0.2) is 0 Å². The highest BCUT2D eigenvalue weighted by Crippen LogP contribution is 2.33. The van der Waals surface area contributed by atoms with E-state index in [1.807, 2.05) is 29.2 Å². The van der Waals surface area contributed by atoms with Crippen molar-refractivity contribution in [3.63, 3.8) is 0 Å². The molecule has 2 aliphatic heterocycles.